The number of methoxy groups -OCH3 is 2. The molecule has 2 atom stereocenters. The zero-order valence-electron chi connectivity index (χ0n) is 31.1. The molecule has 0 fully saturated rings. The topological polar surface area (TPSA) is 112 Å². The summed E-state index contributed by atoms with van der Waals surface area (Å²) in [5, 5.41) is 2.57. The minimum atomic E-state index is -0.521. The van der Waals surface area contributed by atoms with Gasteiger partial charge in [0.25, 0.3) is 0 Å². The van der Waals surface area contributed by atoms with Crippen molar-refractivity contribution in [3.63, 3.8) is 0 Å². The van der Waals surface area contributed by atoms with Crippen molar-refractivity contribution >= 4 is 42.1 Å². The summed E-state index contributed by atoms with van der Waals surface area (Å²) in [6, 6.07) is 25.2. The van der Waals surface area contributed by atoms with Gasteiger partial charge in [-0.15, -0.1) is 0 Å². The largest absolute Gasteiger partial charge is 0.497 e. The highest BCUT2D eigenvalue weighted by molar-refractivity contribution is 7.96. The van der Waals surface area contributed by atoms with Gasteiger partial charge < -0.3 is 34.2 Å². The average molecular weight is 708 g/mol. The van der Waals surface area contributed by atoms with Gasteiger partial charge in [-0.3, -0.25) is 4.72 Å². The molecule has 1 aliphatic rings. The Morgan fingerprint density at radius 2 is 1.36 bits per heavy atom. The maximum atomic E-state index is 11.5. The van der Waals surface area contributed by atoms with Crippen LogP contribution in [0.25, 0.3) is 0 Å². The molecule has 3 aromatic rings. The van der Waals surface area contributed by atoms with E-state index in [4.69, 9.17) is 9.47 Å². The van der Waals surface area contributed by atoms with E-state index in [-0.39, 0.29) is 12.5 Å². The Kier molecular flexibility index (Phi) is 26.4. The number of rotatable bonds is 12. The molecule has 50 heavy (non-hydrogen) atoms. The van der Waals surface area contributed by atoms with E-state index in [1.807, 2.05) is 133 Å². The van der Waals surface area contributed by atoms with Gasteiger partial charge in [0.05, 0.1) is 26.8 Å². The molecule has 274 valence electrons. The van der Waals surface area contributed by atoms with Crippen LogP contribution in [-0.4, -0.2) is 73.6 Å². The summed E-state index contributed by atoms with van der Waals surface area (Å²) < 4.78 is 15.1. The lowest BCUT2D eigenvalue weighted by atomic mass is 9.94. The van der Waals surface area contributed by atoms with Gasteiger partial charge in [-0.05, 0) is 74.2 Å². The minimum Gasteiger partial charge on any atom is -0.497 e. The Morgan fingerprint density at radius 3 is 1.72 bits per heavy atom. The number of hydrogen-bond acceptors (Lipinski definition) is 9. The molecule has 0 saturated carbocycles. The number of allylic oxidation sites excluding steroid dienone is 4. The first-order chi connectivity index (χ1) is 24.1. The number of hydrogen-bond donors (Lipinski definition) is 3. The molecule has 0 heterocycles. The van der Waals surface area contributed by atoms with Gasteiger partial charge in [-0.1, -0.05) is 74.0 Å². The van der Waals surface area contributed by atoms with Crippen molar-refractivity contribution in [2.75, 3.05) is 58.8 Å². The number of urea groups is 1. The summed E-state index contributed by atoms with van der Waals surface area (Å²) in [5.41, 5.74) is 3.69. The Bertz CT molecular complexity index is 1300. The van der Waals surface area contributed by atoms with Gasteiger partial charge in [0.15, 0.2) is 0 Å². The van der Waals surface area contributed by atoms with Crippen molar-refractivity contribution in [1.82, 2.24) is 14.8 Å². The number of nitrogens with zero attached hydrogens (tertiary/aromatic N) is 2. The number of ether oxygens (including phenoxy) is 2. The van der Waals surface area contributed by atoms with Crippen LogP contribution in [0.4, 0.5) is 16.2 Å². The summed E-state index contributed by atoms with van der Waals surface area (Å²) >= 11 is 0.900. The third-order valence-electron chi connectivity index (χ3n) is 6.61. The normalized spacial score (nSPS) is 12.5. The number of nitrogens with one attached hydrogen (secondary N) is 3. The highest BCUT2D eigenvalue weighted by atomic mass is 32.2. The zero-order valence-corrected chi connectivity index (χ0v) is 31.9. The average Bonchev–Trinajstić information content (AvgIpc) is 3.15. The lowest BCUT2D eigenvalue weighted by Crippen LogP contribution is -2.42. The van der Waals surface area contributed by atoms with E-state index < -0.39 is 12.1 Å². The summed E-state index contributed by atoms with van der Waals surface area (Å²) in [6.45, 7) is 6.22. The summed E-state index contributed by atoms with van der Waals surface area (Å²) in [7, 11) is 11.4. The molecule has 10 nitrogen and oxygen atoms in total. The van der Waals surface area contributed by atoms with Crippen LogP contribution in [0, 0.1) is 12.8 Å². The number of carbonyl (C=O) groups excluding carboxylic acids is 3. The predicted octanol–water partition coefficient (Wildman–Crippen LogP) is 7.27. The third kappa shape index (κ3) is 22.0. The molecule has 2 unspecified atom stereocenters. The molecule has 0 aliphatic heterocycles. The van der Waals surface area contributed by atoms with E-state index in [2.05, 4.69) is 43.6 Å². The van der Waals surface area contributed by atoms with Gasteiger partial charge in [-0.25, -0.2) is 9.52 Å². The van der Waals surface area contributed by atoms with E-state index in [0.29, 0.717) is 12.7 Å². The van der Waals surface area contributed by atoms with Crippen LogP contribution < -0.4 is 34.0 Å². The highest BCUT2D eigenvalue weighted by Crippen LogP contribution is 2.18. The molecular formula is C39H57N5O5S. The molecule has 0 bridgehead atoms. The van der Waals surface area contributed by atoms with Crippen molar-refractivity contribution in [2.24, 2.45) is 5.92 Å². The molecule has 0 saturated heterocycles. The smallest absolute Gasteiger partial charge is 0.326 e. The summed E-state index contributed by atoms with van der Waals surface area (Å²) in [5.74, 6) is 2.06. The Labute approximate surface area is 304 Å². The fraction of sp³-hybridized carbons (Fsp3) is 0.359. The minimum absolute atomic E-state index is 0.140. The van der Waals surface area contributed by atoms with Crippen molar-refractivity contribution in [2.45, 2.75) is 39.7 Å². The van der Waals surface area contributed by atoms with E-state index in [0.717, 1.165) is 36.3 Å². The second-order valence-corrected chi connectivity index (χ2v) is 11.5. The van der Waals surface area contributed by atoms with Crippen molar-refractivity contribution in [1.29, 1.82) is 0 Å². The SMILES string of the molecule is CC.COc1ccc(N(C)C)cc1.COc1ccc(N(C)C)cc1.Cc1ccccc1.O=CCNSNC(=O)NC(C=O)CC1C=CC=CC1. The molecule has 11 heteroatoms. The van der Waals surface area contributed by atoms with Crippen LogP contribution in [0.15, 0.2) is 103 Å². The molecular weight excluding hydrogens is 651 g/mol. The maximum absolute atomic E-state index is 11.5. The first-order valence-corrected chi connectivity index (χ1v) is 17.3. The van der Waals surface area contributed by atoms with E-state index in [1.165, 1.54) is 16.9 Å². The van der Waals surface area contributed by atoms with E-state index >= 15 is 0 Å². The van der Waals surface area contributed by atoms with Gasteiger partial charge in [0.2, 0.25) is 0 Å². The van der Waals surface area contributed by atoms with Gasteiger partial charge in [-0.2, -0.15) is 0 Å². The van der Waals surface area contributed by atoms with Gasteiger partial charge in [0, 0.05) is 51.7 Å². The van der Waals surface area contributed by atoms with Gasteiger partial charge >= 0.3 is 6.03 Å². The molecule has 2 amide bonds. The quantitative estimate of drug-likeness (QED) is 0.102. The van der Waals surface area contributed by atoms with Crippen LogP contribution in [0.5, 0.6) is 11.5 Å². The summed E-state index contributed by atoms with van der Waals surface area (Å²) in [6.07, 6.45) is 10.8. The van der Waals surface area contributed by atoms with Crippen LogP contribution in [0.2, 0.25) is 0 Å². The third-order valence-corrected chi connectivity index (χ3v) is 7.21. The van der Waals surface area contributed by atoms with Crippen LogP contribution in [0.3, 0.4) is 0 Å². The first-order valence-electron chi connectivity index (χ1n) is 16.4. The van der Waals surface area contributed by atoms with E-state index in [1.54, 1.807) is 14.2 Å². The van der Waals surface area contributed by atoms with Crippen LogP contribution in [0.1, 0.15) is 32.3 Å². The second kappa shape index (κ2) is 29.2. The first kappa shape index (κ1) is 45.3. The monoisotopic (exact) mass is 707 g/mol. The molecule has 0 spiro atoms. The lowest BCUT2D eigenvalue weighted by molar-refractivity contribution is -0.109. The zero-order chi connectivity index (χ0) is 37.6. The number of anilines is 2. The number of amides is 2. The fourth-order valence-corrected chi connectivity index (χ4v) is 4.31. The van der Waals surface area contributed by atoms with Crippen LogP contribution in [-0.2, 0) is 9.59 Å². The molecule has 0 radical (unpaired) electrons. The number of benzene rings is 3. The number of aldehydes is 2. The van der Waals surface area contributed by atoms with Gasteiger partial charge in [0.1, 0.15) is 24.1 Å². The molecule has 0 aromatic heterocycles. The standard InChI is InChI=1S/C12H17N3O3S.2C9H13NO.C7H8.C2H6/c16-7-6-13-19-15-12(18)14-11(9-17)8-10-4-2-1-3-5-10;2*1-10(2)8-4-6-9(11-3)7-5-8;1-7-5-3-2-4-6-7;1-2/h1-4,7,9-11,13H,5-6,8H2,(H2,14,15,18);2*4-7H,1-3H3;2-6H,1H3;1-2H3. The predicted molar refractivity (Wildman–Crippen MR) is 211 cm³/mol. The fourth-order valence-electron chi connectivity index (χ4n) is 3.93. The van der Waals surface area contributed by atoms with E-state index in [9.17, 15) is 14.4 Å². The number of aryl methyl sites for hydroxylation is 1. The number of carbonyl (C=O) groups is 3. The van der Waals surface area contributed by atoms with Crippen molar-refractivity contribution in [3.05, 3.63) is 109 Å². The second-order valence-electron chi connectivity index (χ2n) is 10.8. The Hall–Kier alpha value is -4.74. The van der Waals surface area contributed by atoms with Crippen molar-refractivity contribution in [3.8, 4) is 11.5 Å². The molecule has 4 rings (SSSR count). The van der Waals surface area contributed by atoms with Crippen molar-refractivity contribution < 1.29 is 23.9 Å². The maximum Gasteiger partial charge on any atom is 0.326 e. The van der Waals surface area contributed by atoms with Crippen LogP contribution >= 0.6 is 12.1 Å². The molecule has 3 aromatic carbocycles. The molecule has 3 N–H and O–H groups in total. The lowest BCUT2D eigenvalue weighted by Gasteiger charge is -2.18. The Morgan fingerprint density at radius 1 is 0.840 bits per heavy atom. The molecule has 1 aliphatic carbocycles. The Balaban J connectivity index is 0.000000667. The highest BCUT2D eigenvalue weighted by Gasteiger charge is 2.16. The summed E-state index contributed by atoms with van der Waals surface area (Å²) in [4.78, 5) is 36.5.